The summed E-state index contributed by atoms with van der Waals surface area (Å²) in [6.07, 6.45) is 5.48. The first-order valence-corrected chi connectivity index (χ1v) is 8.92. The van der Waals surface area contributed by atoms with Gasteiger partial charge >= 0.3 is 0 Å². The first-order chi connectivity index (χ1) is 10.2. The quantitative estimate of drug-likeness (QED) is 0.891. The van der Waals surface area contributed by atoms with Gasteiger partial charge in [-0.2, -0.15) is 0 Å². The van der Waals surface area contributed by atoms with E-state index in [-0.39, 0.29) is 5.82 Å². The van der Waals surface area contributed by atoms with Crippen LogP contribution in [0.5, 0.6) is 0 Å². The van der Waals surface area contributed by atoms with Crippen LogP contribution in [0.25, 0.3) is 0 Å². The fourth-order valence-electron chi connectivity index (χ4n) is 3.69. The molecule has 2 aliphatic carbocycles. The smallest absolute Gasteiger partial charge is 0.137 e. The Morgan fingerprint density at radius 3 is 2.67 bits per heavy atom. The van der Waals surface area contributed by atoms with Crippen LogP contribution in [-0.4, -0.2) is 30.1 Å². The van der Waals surface area contributed by atoms with Crippen LogP contribution in [-0.2, 0) is 6.54 Å². The number of benzene rings is 1. The average molecular weight is 353 g/mol. The fraction of sp³-hybridized carbons (Fsp3) is 0.647. The van der Waals surface area contributed by atoms with E-state index in [0.29, 0.717) is 16.6 Å². The Balaban J connectivity index is 1.52. The van der Waals surface area contributed by atoms with Crippen LogP contribution in [0.1, 0.15) is 31.2 Å². The Bertz CT molecular complexity index is 528. The fourth-order valence-corrected chi connectivity index (χ4v) is 4.07. The van der Waals surface area contributed by atoms with Crippen molar-refractivity contribution in [3.63, 3.8) is 0 Å². The monoisotopic (exact) mass is 352 g/mol. The van der Waals surface area contributed by atoms with Crippen LogP contribution in [0.4, 0.5) is 4.39 Å². The third-order valence-corrected chi connectivity index (χ3v) is 6.14. The van der Waals surface area contributed by atoms with Gasteiger partial charge in [0.05, 0.1) is 4.47 Å². The molecule has 1 saturated heterocycles. The van der Waals surface area contributed by atoms with Crippen LogP contribution >= 0.6 is 15.9 Å². The zero-order valence-corrected chi connectivity index (χ0v) is 13.8. The molecule has 0 radical (unpaired) electrons. The number of halogens is 2. The molecule has 3 fully saturated rings. The minimum Gasteiger partial charge on any atom is -0.311 e. The summed E-state index contributed by atoms with van der Waals surface area (Å²) in [5.74, 6) is 1.58. The molecule has 0 aromatic heterocycles. The van der Waals surface area contributed by atoms with Gasteiger partial charge in [-0.25, -0.2) is 4.39 Å². The number of hydrogen-bond acceptors (Lipinski definition) is 2. The molecular weight excluding hydrogens is 331 g/mol. The highest BCUT2D eigenvalue weighted by Gasteiger charge is 2.42. The van der Waals surface area contributed by atoms with Gasteiger partial charge in [0.25, 0.3) is 0 Å². The zero-order valence-electron chi connectivity index (χ0n) is 12.2. The predicted octanol–water partition coefficient (Wildman–Crippen LogP) is 3.55. The number of nitrogens with one attached hydrogen (secondary N) is 1. The van der Waals surface area contributed by atoms with Gasteiger partial charge in [0.1, 0.15) is 5.82 Å². The van der Waals surface area contributed by atoms with E-state index in [0.717, 1.165) is 37.0 Å². The predicted molar refractivity (Wildman–Crippen MR) is 85.5 cm³/mol. The van der Waals surface area contributed by atoms with E-state index in [1.165, 1.54) is 31.7 Å². The Hall–Kier alpha value is -0.450. The maximum atomic E-state index is 13.7. The van der Waals surface area contributed by atoms with E-state index < -0.39 is 0 Å². The number of nitrogens with zero attached hydrogens (tertiary/aromatic N) is 1. The maximum absolute atomic E-state index is 13.7. The maximum Gasteiger partial charge on any atom is 0.137 e. The average Bonchev–Trinajstić information content (AvgIpc) is 3.37. The van der Waals surface area contributed by atoms with Gasteiger partial charge in [0.2, 0.25) is 0 Å². The summed E-state index contributed by atoms with van der Waals surface area (Å²) in [5, 5.41) is 3.77. The van der Waals surface area contributed by atoms with E-state index in [4.69, 9.17) is 0 Å². The second kappa shape index (κ2) is 5.64. The Morgan fingerprint density at radius 1 is 1.19 bits per heavy atom. The van der Waals surface area contributed by atoms with Gasteiger partial charge in [-0.3, -0.25) is 4.90 Å². The van der Waals surface area contributed by atoms with Crippen molar-refractivity contribution < 1.29 is 4.39 Å². The van der Waals surface area contributed by atoms with Crippen molar-refractivity contribution in [1.29, 1.82) is 0 Å². The molecule has 4 rings (SSSR count). The molecule has 21 heavy (non-hydrogen) atoms. The highest BCUT2D eigenvalue weighted by Crippen LogP contribution is 2.40. The Kier molecular flexibility index (Phi) is 3.80. The highest BCUT2D eigenvalue weighted by atomic mass is 79.9. The molecule has 1 N–H and O–H groups in total. The van der Waals surface area contributed by atoms with Gasteiger partial charge in [0, 0.05) is 31.7 Å². The summed E-state index contributed by atoms with van der Waals surface area (Å²) in [6, 6.07) is 6.67. The van der Waals surface area contributed by atoms with E-state index in [1.54, 1.807) is 0 Å². The van der Waals surface area contributed by atoms with Crippen molar-refractivity contribution >= 4 is 15.9 Å². The van der Waals surface area contributed by atoms with Crippen LogP contribution < -0.4 is 5.32 Å². The molecule has 0 bridgehead atoms. The summed E-state index contributed by atoms with van der Waals surface area (Å²) >= 11 is 3.42. The van der Waals surface area contributed by atoms with E-state index in [1.807, 2.05) is 12.1 Å². The normalized spacial score (nSPS) is 30.6. The van der Waals surface area contributed by atoms with Crippen molar-refractivity contribution in [3.05, 3.63) is 34.1 Å². The second-order valence-corrected chi connectivity index (χ2v) is 7.69. The molecule has 1 aromatic rings. The zero-order chi connectivity index (χ0) is 14.4. The van der Waals surface area contributed by atoms with Crippen molar-refractivity contribution in [2.24, 2.45) is 11.8 Å². The lowest BCUT2D eigenvalue weighted by atomic mass is 10.0. The summed E-state index contributed by atoms with van der Waals surface area (Å²) < 4.78 is 14.4. The molecule has 2 saturated carbocycles. The topological polar surface area (TPSA) is 15.3 Å². The van der Waals surface area contributed by atoms with Crippen LogP contribution in [0.2, 0.25) is 0 Å². The largest absolute Gasteiger partial charge is 0.311 e. The molecular formula is C17H22BrFN2. The molecule has 1 aliphatic heterocycles. The highest BCUT2D eigenvalue weighted by molar-refractivity contribution is 9.10. The SMILES string of the molecule is Fc1cccc(CN2CC(C3CC3)NCC2C2CC2)c1Br. The van der Waals surface area contributed by atoms with Crippen molar-refractivity contribution in [2.45, 2.75) is 44.3 Å². The molecule has 4 heteroatoms. The molecule has 2 atom stereocenters. The molecule has 0 spiro atoms. The first-order valence-electron chi connectivity index (χ1n) is 8.12. The summed E-state index contributed by atoms with van der Waals surface area (Å²) in [5.41, 5.74) is 1.08. The number of hydrogen-bond donors (Lipinski definition) is 1. The molecule has 3 aliphatic rings. The third-order valence-electron chi connectivity index (χ3n) is 5.25. The molecule has 2 unspecified atom stereocenters. The van der Waals surface area contributed by atoms with Gasteiger partial charge in [-0.05, 0) is 65.1 Å². The second-order valence-electron chi connectivity index (χ2n) is 6.90. The third kappa shape index (κ3) is 3.03. The lowest BCUT2D eigenvalue weighted by molar-refractivity contribution is 0.100. The molecule has 0 amide bonds. The molecule has 2 nitrogen and oxygen atoms in total. The van der Waals surface area contributed by atoms with Crippen molar-refractivity contribution in [1.82, 2.24) is 10.2 Å². The molecule has 1 aromatic carbocycles. The molecule has 114 valence electrons. The van der Waals surface area contributed by atoms with Crippen molar-refractivity contribution in [2.75, 3.05) is 13.1 Å². The summed E-state index contributed by atoms with van der Waals surface area (Å²) in [6.45, 7) is 3.10. The number of rotatable bonds is 4. The Labute approximate surface area is 134 Å². The van der Waals surface area contributed by atoms with Crippen LogP contribution in [0.15, 0.2) is 22.7 Å². The summed E-state index contributed by atoms with van der Waals surface area (Å²) in [4.78, 5) is 2.61. The van der Waals surface area contributed by atoms with Gasteiger partial charge in [-0.15, -0.1) is 0 Å². The van der Waals surface area contributed by atoms with Gasteiger partial charge in [-0.1, -0.05) is 12.1 Å². The van der Waals surface area contributed by atoms with E-state index in [2.05, 4.69) is 26.1 Å². The Morgan fingerprint density at radius 2 is 1.95 bits per heavy atom. The van der Waals surface area contributed by atoms with E-state index >= 15 is 0 Å². The van der Waals surface area contributed by atoms with Gasteiger partial charge < -0.3 is 5.32 Å². The van der Waals surface area contributed by atoms with Crippen LogP contribution in [0, 0.1) is 17.7 Å². The minimum absolute atomic E-state index is 0.149. The molecule has 1 heterocycles. The van der Waals surface area contributed by atoms with E-state index in [9.17, 15) is 4.39 Å². The van der Waals surface area contributed by atoms with Gasteiger partial charge in [0.15, 0.2) is 0 Å². The standard InChI is InChI=1S/C17H22BrFN2/c18-17-13(2-1-3-14(17)19)9-21-10-15(11-4-5-11)20-8-16(21)12-6-7-12/h1-3,11-12,15-16,20H,4-10H2. The first kappa shape index (κ1) is 14.2. The summed E-state index contributed by atoms with van der Waals surface area (Å²) in [7, 11) is 0. The number of piperazine rings is 1. The minimum atomic E-state index is -0.149. The lowest BCUT2D eigenvalue weighted by Gasteiger charge is -2.41. The van der Waals surface area contributed by atoms with Crippen molar-refractivity contribution in [3.8, 4) is 0 Å². The lowest BCUT2D eigenvalue weighted by Crippen LogP contribution is -2.57. The van der Waals surface area contributed by atoms with Crippen LogP contribution in [0.3, 0.4) is 0 Å².